The van der Waals surface area contributed by atoms with Gasteiger partial charge in [0.15, 0.2) is 0 Å². The summed E-state index contributed by atoms with van der Waals surface area (Å²) in [5.41, 5.74) is 0.825. The lowest BCUT2D eigenvalue weighted by Gasteiger charge is -2.30. The van der Waals surface area contributed by atoms with E-state index < -0.39 is 15.8 Å². The van der Waals surface area contributed by atoms with Gasteiger partial charge >= 0.3 is 0 Å². The normalized spacial score (nSPS) is 16.2. The zero-order valence-corrected chi connectivity index (χ0v) is 13.6. The molecule has 0 heterocycles. The molecule has 4 nitrogen and oxygen atoms in total. The van der Waals surface area contributed by atoms with E-state index in [0.29, 0.717) is 24.6 Å². The van der Waals surface area contributed by atoms with Crippen LogP contribution in [0.2, 0.25) is 0 Å². The van der Waals surface area contributed by atoms with Crippen molar-refractivity contribution in [2.24, 2.45) is 5.92 Å². The van der Waals surface area contributed by atoms with Crippen molar-refractivity contribution in [3.05, 3.63) is 29.1 Å². The van der Waals surface area contributed by atoms with Crippen LogP contribution in [0.5, 0.6) is 0 Å². The highest BCUT2D eigenvalue weighted by atomic mass is 32.2. The molecular formula is C15H23FN2O2S. The Kier molecular flexibility index (Phi) is 5.01. The maximum Gasteiger partial charge on any atom is 0.243 e. The van der Waals surface area contributed by atoms with E-state index in [9.17, 15) is 12.8 Å². The van der Waals surface area contributed by atoms with E-state index in [1.165, 1.54) is 23.7 Å². The molecule has 0 unspecified atom stereocenters. The average molecular weight is 314 g/mol. The van der Waals surface area contributed by atoms with E-state index in [4.69, 9.17) is 0 Å². The third-order valence-corrected chi connectivity index (χ3v) is 6.12. The lowest BCUT2D eigenvalue weighted by Crippen LogP contribution is -2.34. The van der Waals surface area contributed by atoms with E-state index in [0.717, 1.165) is 12.8 Å². The molecule has 1 fully saturated rings. The van der Waals surface area contributed by atoms with E-state index in [-0.39, 0.29) is 10.5 Å². The number of nitrogens with zero attached hydrogens (tertiary/aromatic N) is 1. The third kappa shape index (κ3) is 3.44. The van der Waals surface area contributed by atoms with E-state index in [1.807, 2.05) is 0 Å². The molecule has 0 saturated heterocycles. The van der Waals surface area contributed by atoms with Crippen LogP contribution >= 0.6 is 0 Å². The first-order valence-corrected chi connectivity index (χ1v) is 8.70. The van der Waals surface area contributed by atoms with Gasteiger partial charge in [-0.2, -0.15) is 0 Å². The van der Waals surface area contributed by atoms with Gasteiger partial charge in [-0.1, -0.05) is 6.42 Å². The van der Waals surface area contributed by atoms with Gasteiger partial charge in [-0.05, 0) is 50.4 Å². The van der Waals surface area contributed by atoms with Gasteiger partial charge in [0.25, 0.3) is 0 Å². The number of sulfonamides is 1. The van der Waals surface area contributed by atoms with Crippen molar-refractivity contribution in [3.63, 3.8) is 0 Å². The van der Waals surface area contributed by atoms with Gasteiger partial charge in [-0.25, -0.2) is 17.1 Å². The highest BCUT2D eigenvalue weighted by Crippen LogP contribution is 2.29. The second-order valence-electron chi connectivity index (χ2n) is 5.81. The summed E-state index contributed by atoms with van der Waals surface area (Å²) in [6.07, 6.45) is 3.32. The number of benzene rings is 1. The summed E-state index contributed by atoms with van der Waals surface area (Å²) in [5.74, 6) is -0.0335. The summed E-state index contributed by atoms with van der Waals surface area (Å²) >= 11 is 0. The second kappa shape index (κ2) is 6.42. The van der Waals surface area contributed by atoms with Crippen LogP contribution in [0.4, 0.5) is 4.39 Å². The zero-order chi connectivity index (χ0) is 15.6. The highest BCUT2D eigenvalue weighted by Gasteiger charge is 2.28. The molecular weight excluding hydrogens is 291 g/mol. The molecule has 1 aliphatic rings. The van der Waals surface area contributed by atoms with Gasteiger partial charge in [-0.15, -0.1) is 0 Å². The average Bonchev–Trinajstić information content (AvgIpc) is 2.37. The summed E-state index contributed by atoms with van der Waals surface area (Å²) in [6.45, 7) is 2.47. The maximum absolute atomic E-state index is 14.0. The molecule has 1 aliphatic carbocycles. The molecule has 0 bridgehead atoms. The summed E-state index contributed by atoms with van der Waals surface area (Å²) in [5, 5.41) is 2.91. The van der Waals surface area contributed by atoms with E-state index in [2.05, 4.69) is 5.32 Å². The second-order valence-corrected chi connectivity index (χ2v) is 7.83. The number of halogens is 1. The minimum atomic E-state index is -3.64. The third-order valence-electron chi connectivity index (χ3n) is 4.17. The van der Waals surface area contributed by atoms with E-state index in [1.54, 1.807) is 20.2 Å². The molecule has 118 valence electrons. The first-order valence-electron chi connectivity index (χ1n) is 7.26. The lowest BCUT2D eigenvalue weighted by atomic mass is 9.86. The van der Waals surface area contributed by atoms with Gasteiger partial charge in [0.2, 0.25) is 10.0 Å². The van der Waals surface area contributed by atoms with Crippen molar-refractivity contribution in [2.45, 2.75) is 37.6 Å². The lowest BCUT2D eigenvalue weighted by molar-refractivity contribution is 0.263. The van der Waals surface area contributed by atoms with Crippen LogP contribution in [0.1, 0.15) is 30.4 Å². The molecule has 0 aliphatic heterocycles. The Balaban J connectivity index is 2.33. The van der Waals surface area contributed by atoms with E-state index >= 15 is 0 Å². The molecule has 1 aromatic carbocycles. The number of hydrogen-bond acceptors (Lipinski definition) is 3. The first kappa shape index (κ1) is 16.4. The van der Waals surface area contributed by atoms with Crippen LogP contribution in [0.25, 0.3) is 0 Å². The molecule has 2 rings (SSSR count). The van der Waals surface area contributed by atoms with Crippen LogP contribution in [-0.2, 0) is 16.6 Å². The fourth-order valence-corrected chi connectivity index (χ4v) is 4.11. The zero-order valence-electron chi connectivity index (χ0n) is 12.8. The summed E-state index contributed by atoms with van der Waals surface area (Å²) in [6, 6.07) is 2.96. The van der Waals surface area contributed by atoms with Crippen LogP contribution in [-0.4, -0.2) is 33.4 Å². The van der Waals surface area contributed by atoms with Crippen molar-refractivity contribution in [1.29, 1.82) is 0 Å². The van der Waals surface area contributed by atoms with Crippen molar-refractivity contribution in [2.75, 3.05) is 20.6 Å². The minimum Gasteiger partial charge on any atom is -0.316 e. The fraction of sp³-hybridized carbons (Fsp3) is 0.600. The quantitative estimate of drug-likeness (QED) is 0.876. The Morgan fingerprint density at radius 2 is 2.05 bits per heavy atom. The Morgan fingerprint density at radius 3 is 2.57 bits per heavy atom. The standard InChI is InChI=1S/C15H23FN2O2S/c1-11-14(16)7-13(9-17-2)8-15(11)21(19,20)18(3)10-12-5-4-6-12/h7-8,12,17H,4-6,9-10H2,1-3H3. The molecule has 1 saturated carbocycles. The number of nitrogens with one attached hydrogen (secondary N) is 1. The Hall–Kier alpha value is -0.980. The molecule has 6 heteroatoms. The topological polar surface area (TPSA) is 49.4 Å². The Morgan fingerprint density at radius 1 is 1.38 bits per heavy atom. The SMILES string of the molecule is CNCc1cc(F)c(C)c(S(=O)(=O)N(C)CC2CCC2)c1. The van der Waals surface area contributed by atoms with Crippen LogP contribution < -0.4 is 5.32 Å². The first-order chi connectivity index (χ1) is 9.86. The predicted octanol–water partition coefficient (Wildman–Crippen LogP) is 2.27. The molecule has 1 aromatic rings. The molecule has 0 radical (unpaired) electrons. The molecule has 0 aromatic heterocycles. The Labute approximate surface area is 126 Å². The summed E-state index contributed by atoms with van der Waals surface area (Å²) < 4.78 is 40.7. The van der Waals surface area contributed by atoms with Gasteiger partial charge in [-0.3, -0.25) is 0 Å². The summed E-state index contributed by atoms with van der Waals surface area (Å²) in [4.78, 5) is 0.0783. The van der Waals surface area contributed by atoms with Crippen LogP contribution in [0.3, 0.4) is 0 Å². The van der Waals surface area contributed by atoms with Crippen molar-refractivity contribution in [3.8, 4) is 0 Å². The molecule has 21 heavy (non-hydrogen) atoms. The largest absolute Gasteiger partial charge is 0.316 e. The molecule has 0 spiro atoms. The molecule has 1 N–H and O–H groups in total. The number of hydrogen-bond donors (Lipinski definition) is 1. The predicted molar refractivity (Wildman–Crippen MR) is 81.1 cm³/mol. The molecule has 0 atom stereocenters. The van der Waals surface area contributed by atoms with Crippen molar-refractivity contribution >= 4 is 10.0 Å². The van der Waals surface area contributed by atoms with Crippen LogP contribution in [0.15, 0.2) is 17.0 Å². The van der Waals surface area contributed by atoms with Gasteiger partial charge in [0, 0.05) is 25.7 Å². The smallest absolute Gasteiger partial charge is 0.243 e. The number of rotatable bonds is 6. The Bertz CT molecular complexity index is 612. The van der Waals surface area contributed by atoms with Crippen LogP contribution in [0, 0.1) is 18.7 Å². The summed E-state index contributed by atoms with van der Waals surface area (Å²) in [7, 11) is -0.315. The highest BCUT2D eigenvalue weighted by molar-refractivity contribution is 7.89. The van der Waals surface area contributed by atoms with Gasteiger partial charge in [0.05, 0.1) is 4.90 Å². The van der Waals surface area contributed by atoms with Gasteiger partial charge in [0.1, 0.15) is 5.82 Å². The minimum absolute atomic E-state index is 0.0783. The molecule has 0 amide bonds. The van der Waals surface area contributed by atoms with Crippen molar-refractivity contribution < 1.29 is 12.8 Å². The van der Waals surface area contributed by atoms with Gasteiger partial charge < -0.3 is 5.32 Å². The monoisotopic (exact) mass is 314 g/mol. The van der Waals surface area contributed by atoms with Crippen molar-refractivity contribution in [1.82, 2.24) is 9.62 Å². The maximum atomic E-state index is 14.0. The fourth-order valence-electron chi connectivity index (χ4n) is 2.59.